The van der Waals surface area contributed by atoms with Crippen molar-refractivity contribution < 1.29 is 19.1 Å². The average Bonchev–Trinajstić information content (AvgIpc) is 2.77. The van der Waals surface area contributed by atoms with Crippen LogP contribution >= 0.6 is 0 Å². The number of ether oxygens (including phenoxy) is 2. The highest BCUT2D eigenvalue weighted by atomic mass is 16.6. The average molecular weight is 444 g/mol. The van der Waals surface area contributed by atoms with E-state index in [2.05, 4.69) is 17.2 Å². The Hall–Kier alpha value is -3.78. The molecule has 0 spiro atoms. The lowest BCUT2D eigenvalue weighted by molar-refractivity contribution is -0.150. The Morgan fingerprint density at radius 1 is 0.939 bits per heavy atom. The smallest absolute Gasteiger partial charge is 0.337 e. The van der Waals surface area contributed by atoms with Gasteiger partial charge >= 0.3 is 11.9 Å². The van der Waals surface area contributed by atoms with E-state index in [4.69, 9.17) is 9.47 Å². The maximum Gasteiger partial charge on any atom is 0.337 e. The third-order valence-electron chi connectivity index (χ3n) is 4.87. The van der Waals surface area contributed by atoms with Crippen molar-refractivity contribution in [1.82, 2.24) is 5.32 Å². The van der Waals surface area contributed by atoms with Crippen molar-refractivity contribution in [3.8, 4) is 11.8 Å². The molecule has 0 saturated carbocycles. The molecule has 0 fully saturated rings. The summed E-state index contributed by atoms with van der Waals surface area (Å²) in [7, 11) is 0. The standard InChI is InChI=1S/C28H29NO4/c1-6-32-26(30)24-22(18-17-20-13-9-7-10-14-20)23(27(31)33-28(3,4)5)19(2)29-25(24)21-15-11-8-12-16-21/h7-16,22,29H,6H2,1-5H3. The maximum atomic E-state index is 13.3. The van der Waals surface area contributed by atoms with Gasteiger partial charge in [-0.25, -0.2) is 9.59 Å². The molecule has 0 aromatic heterocycles. The summed E-state index contributed by atoms with van der Waals surface area (Å²) in [5.41, 5.74) is 2.63. The molecule has 0 radical (unpaired) electrons. The second kappa shape index (κ2) is 10.2. The van der Waals surface area contributed by atoms with E-state index in [-0.39, 0.29) is 12.2 Å². The molecule has 5 heteroatoms. The Balaban J connectivity index is 2.22. The number of carbonyl (C=O) groups is 2. The molecular weight excluding hydrogens is 414 g/mol. The van der Waals surface area contributed by atoms with Crippen LogP contribution in [0.15, 0.2) is 77.5 Å². The zero-order chi connectivity index (χ0) is 24.0. The quantitative estimate of drug-likeness (QED) is 0.541. The third kappa shape index (κ3) is 5.93. The van der Waals surface area contributed by atoms with Crippen molar-refractivity contribution in [2.75, 3.05) is 6.61 Å². The first-order valence-corrected chi connectivity index (χ1v) is 11.0. The van der Waals surface area contributed by atoms with Gasteiger partial charge < -0.3 is 14.8 Å². The van der Waals surface area contributed by atoms with Crippen molar-refractivity contribution in [3.63, 3.8) is 0 Å². The highest BCUT2D eigenvalue weighted by Crippen LogP contribution is 2.35. The van der Waals surface area contributed by atoms with Crippen LogP contribution in [0.4, 0.5) is 0 Å². The SMILES string of the molecule is CCOC(=O)C1=C(c2ccccc2)NC(C)=C(C(=O)OC(C)(C)C)C1C#Cc1ccccc1. The van der Waals surface area contributed by atoms with E-state index in [9.17, 15) is 9.59 Å². The Labute approximate surface area is 195 Å². The molecule has 3 rings (SSSR count). The van der Waals surface area contributed by atoms with Gasteiger partial charge in [-0.2, -0.15) is 0 Å². The number of hydrogen-bond acceptors (Lipinski definition) is 5. The number of hydrogen-bond donors (Lipinski definition) is 1. The number of dihydropyridines is 1. The van der Waals surface area contributed by atoms with Crippen molar-refractivity contribution >= 4 is 17.6 Å². The highest BCUT2D eigenvalue weighted by molar-refractivity contribution is 6.04. The minimum Gasteiger partial charge on any atom is -0.463 e. The van der Waals surface area contributed by atoms with E-state index in [1.165, 1.54) is 0 Å². The summed E-state index contributed by atoms with van der Waals surface area (Å²) in [5.74, 6) is 4.42. The molecular formula is C28H29NO4. The molecule has 2 aromatic carbocycles. The van der Waals surface area contributed by atoms with Gasteiger partial charge in [-0.1, -0.05) is 60.4 Å². The van der Waals surface area contributed by atoms with Crippen LogP contribution in [0, 0.1) is 17.8 Å². The summed E-state index contributed by atoms with van der Waals surface area (Å²) in [5, 5.41) is 3.26. The van der Waals surface area contributed by atoms with E-state index in [0.717, 1.165) is 11.1 Å². The van der Waals surface area contributed by atoms with Gasteiger partial charge in [-0.3, -0.25) is 0 Å². The van der Waals surface area contributed by atoms with Crippen LogP contribution in [0.1, 0.15) is 45.7 Å². The van der Waals surface area contributed by atoms with Crippen LogP contribution in [0.3, 0.4) is 0 Å². The zero-order valence-electron chi connectivity index (χ0n) is 19.7. The largest absolute Gasteiger partial charge is 0.463 e. The van der Waals surface area contributed by atoms with Crippen molar-refractivity contribution in [2.24, 2.45) is 5.92 Å². The number of benzene rings is 2. The second-order valence-corrected chi connectivity index (χ2v) is 8.61. The molecule has 33 heavy (non-hydrogen) atoms. The predicted octanol–water partition coefficient (Wildman–Crippen LogP) is 4.85. The summed E-state index contributed by atoms with van der Waals surface area (Å²) in [6, 6.07) is 18.9. The van der Waals surface area contributed by atoms with E-state index in [1.807, 2.05) is 60.7 Å². The van der Waals surface area contributed by atoms with Crippen LogP contribution < -0.4 is 5.32 Å². The van der Waals surface area contributed by atoms with E-state index in [1.54, 1.807) is 34.6 Å². The molecule has 0 aliphatic carbocycles. The lowest BCUT2D eigenvalue weighted by atomic mass is 9.83. The highest BCUT2D eigenvalue weighted by Gasteiger charge is 2.38. The summed E-state index contributed by atoms with van der Waals surface area (Å²) in [6.45, 7) is 9.16. The van der Waals surface area contributed by atoms with Crippen molar-refractivity contribution in [3.05, 3.63) is 88.6 Å². The van der Waals surface area contributed by atoms with Crippen LogP contribution in [-0.4, -0.2) is 24.1 Å². The predicted molar refractivity (Wildman–Crippen MR) is 128 cm³/mol. The molecule has 1 atom stereocenters. The van der Waals surface area contributed by atoms with Crippen LogP contribution in [-0.2, 0) is 19.1 Å². The van der Waals surface area contributed by atoms with E-state index in [0.29, 0.717) is 17.0 Å². The number of esters is 2. The Morgan fingerprint density at radius 2 is 1.55 bits per heavy atom. The molecule has 0 bridgehead atoms. The second-order valence-electron chi connectivity index (χ2n) is 8.61. The Morgan fingerprint density at radius 3 is 2.12 bits per heavy atom. The molecule has 1 unspecified atom stereocenters. The van der Waals surface area contributed by atoms with Gasteiger partial charge in [0.25, 0.3) is 0 Å². The monoisotopic (exact) mass is 443 g/mol. The van der Waals surface area contributed by atoms with Crippen LogP contribution in [0.5, 0.6) is 0 Å². The minimum absolute atomic E-state index is 0.202. The van der Waals surface area contributed by atoms with Gasteiger partial charge in [0.05, 0.1) is 29.4 Å². The Bertz CT molecular complexity index is 1140. The van der Waals surface area contributed by atoms with Gasteiger partial charge in [0, 0.05) is 11.3 Å². The van der Waals surface area contributed by atoms with Gasteiger partial charge in [-0.05, 0) is 52.3 Å². The number of carbonyl (C=O) groups excluding carboxylic acids is 2. The number of nitrogens with one attached hydrogen (secondary N) is 1. The van der Waals surface area contributed by atoms with E-state index >= 15 is 0 Å². The number of allylic oxidation sites excluding steroid dienone is 1. The van der Waals surface area contributed by atoms with Crippen molar-refractivity contribution in [2.45, 2.75) is 40.2 Å². The zero-order valence-corrected chi connectivity index (χ0v) is 19.7. The molecule has 2 aromatic rings. The Kier molecular flexibility index (Phi) is 7.40. The molecule has 1 aliphatic rings. The summed E-state index contributed by atoms with van der Waals surface area (Å²) >= 11 is 0. The molecule has 0 saturated heterocycles. The van der Waals surface area contributed by atoms with E-state index < -0.39 is 23.5 Å². The normalized spacial score (nSPS) is 15.8. The topological polar surface area (TPSA) is 64.6 Å². The maximum absolute atomic E-state index is 13.3. The minimum atomic E-state index is -0.824. The van der Waals surface area contributed by atoms with Gasteiger partial charge in [0.15, 0.2) is 0 Å². The molecule has 1 heterocycles. The van der Waals surface area contributed by atoms with Crippen LogP contribution in [0.2, 0.25) is 0 Å². The molecule has 5 nitrogen and oxygen atoms in total. The third-order valence-corrected chi connectivity index (χ3v) is 4.87. The first-order valence-electron chi connectivity index (χ1n) is 11.0. The fourth-order valence-electron chi connectivity index (χ4n) is 3.51. The van der Waals surface area contributed by atoms with Gasteiger partial charge in [-0.15, -0.1) is 0 Å². The summed E-state index contributed by atoms with van der Waals surface area (Å²) in [6.07, 6.45) is 0. The molecule has 1 N–H and O–H groups in total. The first kappa shape index (κ1) is 23.9. The first-order chi connectivity index (χ1) is 15.7. The lowest BCUT2D eigenvalue weighted by Gasteiger charge is -2.30. The van der Waals surface area contributed by atoms with Crippen molar-refractivity contribution in [1.29, 1.82) is 0 Å². The summed E-state index contributed by atoms with van der Waals surface area (Å²) < 4.78 is 11.1. The molecule has 170 valence electrons. The lowest BCUT2D eigenvalue weighted by Crippen LogP contribution is -2.35. The molecule has 1 aliphatic heterocycles. The van der Waals surface area contributed by atoms with Gasteiger partial charge in [0.2, 0.25) is 0 Å². The molecule has 0 amide bonds. The van der Waals surface area contributed by atoms with Gasteiger partial charge in [0.1, 0.15) is 5.60 Å². The van der Waals surface area contributed by atoms with Crippen LogP contribution in [0.25, 0.3) is 5.70 Å². The number of rotatable bonds is 4. The summed E-state index contributed by atoms with van der Waals surface area (Å²) in [4.78, 5) is 26.5. The fourth-order valence-corrected chi connectivity index (χ4v) is 3.51. The fraction of sp³-hybridized carbons (Fsp3) is 0.286.